The Balaban J connectivity index is 2.72. The van der Waals surface area contributed by atoms with Crippen molar-refractivity contribution in [2.75, 3.05) is 7.11 Å². The molecule has 1 unspecified atom stereocenters. The molecule has 1 aromatic heterocycles. The summed E-state index contributed by atoms with van der Waals surface area (Å²) in [5.41, 5.74) is 1.72. The van der Waals surface area contributed by atoms with Crippen LogP contribution in [0.5, 0.6) is 0 Å². The van der Waals surface area contributed by atoms with Gasteiger partial charge in [-0.3, -0.25) is 9.36 Å². The fourth-order valence-corrected chi connectivity index (χ4v) is 1.63. The van der Waals surface area contributed by atoms with E-state index in [9.17, 15) is 4.79 Å². The van der Waals surface area contributed by atoms with Crippen molar-refractivity contribution in [2.45, 2.75) is 13.2 Å². The van der Waals surface area contributed by atoms with Gasteiger partial charge in [0, 0.05) is 7.11 Å². The van der Waals surface area contributed by atoms with E-state index < -0.39 is 0 Å². The van der Waals surface area contributed by atoms with E-state index >= 15 is 0 Å². The van der Waals surface area contributed by atoms with E-state index in [2.05, 4.69) is 4.98 Å². The minimum absolute atomic E-state index is 0.197. The maximum Gasteiger partial charge on any atom is 0.185 e. The molecule has 1 heterocycles. The Bertz CT molecular complexity index is 490. The number of carbonyl (C=O) groups excluding carboxylic acids is 1. The molecule has 2 aromatic rings. The van der Waals surface area contributed by atoms with Crippen LogP contribution in [0.4, 0.5) is 0 Å². The van der Waals surface area contributed by atoms with Gasteiger partial charge in [-0.25, -0.2) is 4.98 Å². The average Bonchev–Trinajstić information content (AvgIpc) is 2.66. The molecule has 2 rings (SSSR count). The standard InChI is InChI=1S/C11H12N2O2/c1-8(15-2)13-10-6-4-3-5-9(10)12-11(13)7-14/h3-8H,1-2H3. The molecule has 15 heavy (non-hydrogen) atoms. The summed E-state index contributed by atoms with van der Waals surface area (Å²) in [6, 6.07) is 7.61. The molecule has 78 valence electrons. The van der Waals surface area contributed by atoms with E-state index in [1.807, 2.05) is 31.2 Å². The van der Waals surface area contributed by atoms with Gasteiger partial charge in [0.2, 0.25) is 0 Å². The Hall–Kier alpha value is -1.68. The Morgan fingerprint density at radius 3 is 2.87 bits per heavy atom. The van der Waals surface area contributed by atoms with Gasteiger partial charge in [-0.2, -0.15) is 0 Å². The van der Waals surface area contributed by atoms with Crippen molar-refractivity contribution >= 4 is 17.3 Å². The van der Waals surface area contributed by atoms with Crippen LogP contribution in [0.2, 0.25) is 0 Å². The largest absolute Gasteiger partial charge is 0.361 e. The molecule has 0 N–H and O–H groups in total. The molecule has 0 bridgehead atoms. The van der Waals surface area contributed by atoms with Crippen molar-refractivity contribution in [1.29, 1.82) is 0 Å². The molecule has 0 aliphatic carbocycles. The van der Waals surface area contributed by atoms with Crippen molar-refractivity contribution in [3.05, 3.63) is 30.1 Å². The van der Waals surface area contributed by atoms with Crippen LogP contribution in [0.15, 0.2) is 24.3 Å². The van der Waals surface area contributed by atoms with Crippen LogP contribution < -0.4 is 0 Å². The smallest absolute Gasteiger partial charge is 0.185 e. The van der Waals surface area contributed by atoms with Gasteiger partial charge in [0.25, 0.3) is 0 Å². The first-order chi connectivity index (χ1) is 7.27. The lowest BCUT2D eigenvalue weighted by atomic mass is 10.3. The first kappa shape index (κ1) is 9.86. The number of fused-ring (bicyclic) bond motifs is 1. The van der Waals surface area contributed by atoms with Crippen LogP contribution in [0.3, 0.4) is 0 Å². The topological polar surface area (TPSA) is 44.1 Å². The third kappa shape index (κ3) is 1.53. The zero-order chi connectivity index (χ0) is 10.8. The van der Waals surface area contributed by atoms with Gasteiger partial charge in [-0.1, -0.05) is 12.1 Å². The lowest BCUT2D eigenvalue weighted by Crippen LogP contribution is -2.10. The minimum atomic E-state index is -0.197. The van der Waals surface area contributed by atoms with E-state index in [4.69, 9.17) is 4.74 Å². The first-order valence-electron chi connectivity index (χ1n) is 4.73. The number of aromatic nitrogens is 2. The third-order valence-corrected chi connectivity index (χ3v) is 2.43. The van der Waals surface area contributed by atoms with Crippen LogP contribution >= 0.6 is 0 Å². The van der Waals surface area contributed by atoms with E-state index in [0.29, 0.717) is 5.82 Å². The highest BCUT2D eigenvalue weighted by atomic mass is 16.5. The molecule has 0 aliphatic heterocycles. The summed E-state index contributed by atoms with van der Waals surface area (Å²) in [5.74, 6) is 0.394. The van der Waals surface area contributed by atoms with Gasteiger partial charge in [0.15, 0.2) is 12.1 Å². The Morgan fingerprint density at radius 1 is 1.47 bits per heavy atom. The molecule has 0 saturated heterocycles. The summed E-state index contributed by atoms with van der Waals surface area (Å²) in [6.45, 7) is 1.88. The zero-order valence-electron chi connectivity index (χ0n) is 8.68. The van der Waals surface area contributed by atoms with E-state index in [0.717, 1.165) is 17.3 Å². The summed E-state index contributed by atoms with van der Waals surface area (Å²) < 4.78 is 6.99. The summed E-state index contributed by atoms with van der Waals surface area (Å²) >= 11 is 0. The monoisotopic (exact) mass is 204 g/mol. The number of nitrogens with zero attached hydrogens (tertiary/aromatic N) is 2. The molecule has 0 spiro atoms. The fourth-order valence-electron chi connectivity index (χ4n) is 1.63. The fraction of sp³-hybridized carbons (Fsp3) is 0.273. The Labute approximate surface area is 87.5 Å². The lowest BCUT2D eigenvalue weighted by molar-refractivity contribution is 0.0610. The SMILES string of the molecule is COC(C)n1c(C=O)nc2ccccc21. The maximum atomic E-state index is 10.9. The highest BCUT2D eigenvalue weighted by molar-refractivity contribution is 5.83. The van der Waals surface area contributed by atoms with E-state index in [-0.39, 0.29) is 6.23 Å². The number of hydrogen-bond donors (Lipinski definition) is 0. The van der Waals surface area contributed by atoms with Crippen LogP contribution in [-0.4, -0.2) is 22.9 Å². The van der Waals surface area contributed by atoms with Crippen LogP contribution in [0.25, 0.3) is 11.0 Å². The normalized spacial score (nSPS) is 12.9. The summed E-state index contributed by atoms with van der Waals surface area (Å²) in [5, 5.41) is 0. The van der Waals surface area contributed by atoms with Crippen molar-refractivity contribution < 1.29 is 9.53 Å². The molecule has 4 heteroatoms. The molecule has 0 radical (unpaired) electrons. The quantitative estimate of drug-likeness (QED) is 0.718. The minimum Gasteiger partial charge on any atom is -0.361 e. The summed E-state index contributed by atoms with van der Waals surface area (Å²) in [7, 11) is 1.61. The lowest BCUT2D eigenvalue weighted by Gasteiger charge is -2.13. The van der Waals surface area contributed by atoms with Crippen molar-refractivity contribution in [3.63, 3.8) is 0 Å². The number of hydrogen-bond acceptors (Lipinski definition) is 3. The van der Waals surface area contributed by atoms with Gasteiger partial charge < -0.3 is 4.74 Å². The number of carbonyl (C=O) groups is 1. The number of benzene rings is 1. The molecule has 0 aliphatic rings. The van der Waals surface area contributed by atoms with Crippen molar-refractivity contribution in [1.82, 2.24) is 9.55 Å². The second kappa shape index (κ2) is 3.82. The van der Waals surface area contributed by atoms with Gasteiger partial charge in [-0.05, 0) is 19.1 Å². The van der Waals surface area contributed by atoms with Gasteiger partial charge in [0.1, 0.15) is 6.23 Å². The number of para-hydroxylation sites is 2. The van der Waals surface area contributed by atoms with Crippen molar-refractivity contribution in [3.8, 4) is 0 Å². The van der Waals surface area contributed by atoms with Gasteiger partial charge >= 0.3 is 0 Å². The first-order valence-corrected chi connectivity index (χ1v) is 4.73. The number of rotatable bonds is 3. The second-order valence-corrected chi connectivity index (χ2v) is 3.28. The predicted octanol–water partition coefficient (Wildman–Crippen LogP) is 2.01. The highest BCUT2D eigenvalue weighted by Crippen LogP contribution is 2.20. The zero-order valence-corrected chi connectivity index (χ0v) is 8.68. The van der Waals surface area contributed by atoms with Gasteiger partial charge in [-0.15, -0.1) is 0 Å². The van der Waals surface area contributed by atoms with Crippen LogP contribution in [0, 0.1) is 0 Å². The Morgan fingerprint density at radius 2 is 2.20 bits per heavy atom. The van der Waals surface area contributed by atoms with Crippen LogP contribution in [-0.2, 0) is 4.74 Å². The molecule has 4 nitrogen and oxygen atoms in total. The van der Waals surface area contributed by atoms with E-state index in [1.54, 1.807) is 11.7 Å². The molecule has 0 saturated carbocycles. The van der Waals surface area contributed by atoms with Gasteiger partial charge in [0.05, 0.1) is 11.0 Å². The molecule has 0 amide bonds. The Kier molecular flexibility index (Phi) is 2.51. The van der Waals surface area contributed by atoms with Crippen molar-refractivity contribution in [2.24, 2.45) is 0 Å². The maximum absolute atomic E-state index is 10.9. The van der Waals surface area contributed by atoms with E-state index in [1.165, 1.54) is 0 Å². The molecule has 1 aromatic carbocycles. The number of aldehydes is 1. The molecular weight excluding hydrogens is 192 g/mol. The summed E-state index contributed by atoms with van der Waals surface area (Å²) in [6.07, 6.45) is 0.549. The number of ether oxygens (including phenoxy) is 1. The number of methoxy groups -OCH3 is 1. The second-order valence-electron chi connectivity index (χ2n) is 3.28. The molecule has 1 atom stereocenters. The van der Waals surface area contributed by atoms with Crippen LogP contribution in [0.1, 0.15) is 23.8 Å². The highest BCUT2D eigenvalue weighted by Gasteiger charge is 2.13. The predicted molar refractivity (Wildman–Crippen MR) is 56.8 cm³/mol. The number of imidazole rings is 1. The molecular formula is C11H12N2O2. The summed E-state index contributed by atoms with van der Waals surface area (Å²) in [4.78, 5) is 15.1. The molecule has 0 fully saturated rings. The average molecular weight is 204 g/mol. The third-order valence-electron chi connectivity index (χ3n) is 2.43.